The summed E-state index contributed by atoms with van der Waals surface area (Å²) in [4.78, 5) is 43.0. The molecule has 0 spiro atoms. The predicted octanol–water partition coefficient (Wildman–Crippen LogP) is 8.56. The van der Waals surface area contributed by atoms with Crippen LogP contribution in [0.3, 0.4) is 0 Å². The summed E-state index contributed by atoms with van der Waals surface area (Å²) in [6, 6.07) is 0. The largest absolute Gasteiger partial charge is 0.469 e. The molecule has 1 aliphatic carbocycles. The minimum absolute atomic E-state index is 0.0886. The van der Waals surface area contributed by atoms with Crippen LogP contribution in [0.5, 0.6) is 0 Å². The average molecular weight is 773 g/mol. The molecule has 1 fully saturated rings. The zero-order chi connectivity index (χ0) is 39.2. The van der Waals surface area contributed by atoms with Gasteiger partial charge < -0.3 is 34.6 Å². The quantitative estimate of drug-likeness (QED) is 0.0187. The van der Waals surface area contributed by atoms with Gasteiger partial charge in [-0.25, -0.2) is 4.57 Å². The fraction of sp³-hybridized carbons (Fsp3) is 0.805. The molecule has 0 unspecified atom stereocenters. The minimum atomic E-state index is -4.81. The van der Waals surface area contributed by atoms with Gasteiger partial charge in [0, 0.05) is 25.2 Å². The minimum Gasteiger partial charge on any atom is -0.462 e. The van der Waals surface area contributed by atoms with Gasteiger partial charge in [0.25, 0.3) is 0 Å². The van der Waals surface area contributed by atoms with Crippen LogP contribution in [0.4, 0.5) is 0 Å². The third-order valence-corrected chi connectivity index (χ3v) is 10.2. The van der Waals surface area contributed by atoms with Crippen molar-refractivity contribution in [3.05, 3.63) is 36.5 Å². The number of carbonyl (C=O) groups is 2. The Bertz CT molecular complexity index is 1070. The lowest BCUT2D eigenvalue weighted by Crippen LogP contribution is -2.29. The van der Waals surface area contributed by atoms with E-state index in [-0.39, 0.29) is 31.3 Å². The van der Waals surface area contributed by atoms with Gasteiger partial charge in [-0.05, 0) is 63.7 Å². The Kier molecular flexibility index (Phi) is 29.1. The van der Waals surface area contributed by atoms with Crippen LogP contribution >= 0.6 is 7.82 Å². The normalized spacial score (nSPS) is 20.5. The van der Waals surface area contributed by atoms with Crippen molar-refractivity contribution in [1.82, 2.24) is 0 Å². The highest BCUT2D eigenvalue weighted by molar-refractivity contribution is 7.46. The van der Waals surface area contributed by atoms with Crippen LogP contribution in [0, 0.1) is 11.8 Å². The van der Waals surface area contributed by atoms with Gasteiger partial charge in [-0.15, -0.1) is 0 Å². The van der Waals surface area contributed by atoms with Crippen LogP contribution < -0.4 is 0 Å². The van der Waals surface area contributed by atoms with Crippen LogP contribution in [-0.2, 0) is 28.2 Å². The first-order chi connectivity index (χ1) is 25.5. The van der Waals surface area contributed by atoms with E-state index in [2.05, 4.69) is 30.5 Å². The van der Waals surface area contributed by atoms with E-state index in [1.54, 1.807) is 6.08 Å². The average Bonchev–Trinajstić information content (AvgIpc) is 3.38. The van der Waals surface area contributed by atoms with Crippen molar-refractivity contribution in [3.8, 4) is 0 Å². The molecule has 0 heterocycles. The van der Waals surface area contributed by atoms with Gasteiger partial charge in [-0.2, -0.15) is 0 Å². The highest BCUT2D eigenvalue weighted by Crippen LogP contribution is 2.37. The second-order valence-electron chi connectivity index (χ2n) is 14.6. The number of phosphoric ester groups is 1. The second-order valence-corrected chi connectivity index (χ2v) is 15.8. The lowest BCUT2D eigenvalue weighted by molar-refractivity contribution is -0.161. The van der Waals surface area contributed by atoms with Crippen molar-refractivity contribution in [1.29, 1.82) is 0 Å². The number of esters is 2. The molecule has 0 amide bonds. The maximum Gasteiger partial charge on any atom is 0.469 e. The third kappa shape index (κ3) is 27.4. The van der Waals surface area contributed by atoms with E-state index < -0.39 is 50.8 Å². The lowest BCUT2D eigenvalue weighted by atomic mass is 9.89. The molecule has 0 aromatic carbocycles. The third-order valence-electron chi connectivity index (χ3n) is 9.70. The van der Waals surface area contributed by atoms with E-state index in [1.807, 2.05) is 18.2 Å². The molecule has 1 aliphatic rings. The summed E-state index contributed by atoms with van der Waals surface area (Å²) in [5.41, 5.74) is 0. The lowest BCUT2D eigenvalue weighted by Gasteiger charge is -2.19. The Morgan fingerprint density at radius 1 is 0.717 bits per heavy atom. The summed E-state index contributed by atoms with van der Waals surface area (Å²) >= 11 is 0. The number of ether oxygens (including phenoxy) is 2. The first kappa shape index (κ1) is 49.2. The number of rotatable bonds is 33. The van der Waals surface area contributed by atoms with Crippen LogP contribution in [-0.4, -0.2) is 74.7 Å². The first-order valence-corrected chi connectivity index (χ1v) is 22.1. The van der Waals surface area contributed by atoms with E-state index in [1.165, 1.54) is 38.5 Å². The fourth-order valence-electron chi connectivity index (χ4n) is 6.54. The number of phosphoric acid groups is 1. The molecule has 1 rings (SSSR count). The number of aliphatic hydroxyl groups excluding tert-OH is 3. The Labute approximate surface area is 319 Å². The topological polar surface area (TPSA) is 180 Å². The molecule has 0 radical (unpaired) electrons. The van der Waals surface area contributed by atoms with Crippen molar-refractivity contribution in [2.45, 2.75) is 186 Å². The molecular formula is C41H73O11P. The predicted molar refractivity (Wildman–Crippen MR) is 209 cm³/mol. The van der Waals surface area contributed by atoms with Gasteiger partial charge in [0.05, 0.1) is 24.9 Å². The number of hydrogen-bond donors (Lipinski definition) is 5. The van der Waals surface area contributed by atoms with Gasteiger partial charge in [0.2, 0.25) is 0 Å². The van der Waals surface area contributed by atoms with Crippen LogP contribution in [0.1, 0.15) is 162 Å². The molecule has 12 heteroatoms. The van der Waals surface area contributed by atoms with Gasteiger partial charge >= 0.3 is 19.8 Å². The van der Waals surface area contributed by atoms with E-state index in [0.717, 1.165) is 57.8 Å². The molecule has 0 saturated heterocycles. The van der Waals surface area contributed by atoms with Gasteiger partial charge in [0.1, 0.15) is 6.61 Å². The van der Waals surface area contributed by atoms with Gasteiger partial charge in [-0.1, -0.05) is 121 Å². The molecule has 1 saturated carbocycles. The highest BCUT2D eigenvalue weighted by Gasteiger charge is 2.39. The maximum atomic E-state index is 12.4. The molecule has 0 aliphatic heterocycles. The SMILES string of the molecule is CCCCCCCC/C=C\CCCCCCCC(=O)O[C@H](COC(=O)CCC/C=C/C[C@@H]1[C@@H](/C=C/[C@@H](O)CCCCC)[C@H](O)C[C@@H]1O)COP(=O)(O)O. The van der Waals surface area contributed by atoms with Gasteiger partial charge in [-0.3, -0.25) is 14.1 Å². The van der Waals surface area contributed by atoms with E-state index in [9.17, 15) is 29.5 Å². The number of aliphatic hydroxyl groups is 3. The summed E-state index contributed by atoms with van der Waals surface area (Å²) in [7, 11) is -4.81. The maximum absolute atomic E-state index is 12.4. The molecule has 308 valence electrons. The number of allylic oxidation sites excluding steroid dienone is 4. The Hall–Kier alpha value is -1.85. The summed E-state index contributed by atoms with van der Waals surface area (Å²) in [5.74, 6) is -1.49. The zero-order valence-corrected chi connectivity index (χ0v) is 33.6. The summed E-state index contributed by atoms with van der Waals surface area (Å²) < 4.78 is 26.3. The summed E-state index contributed by atoms with van der Waals surface area (Å²) in [5, 5.41) is 31.2. The molecule has 5 N–H and O–H groups in total. The fourth-order valence-corrected chi connectivity index (χ4v) is 6.90. The molecule has 0 aromatic heterocycles. The van der Waals surface area contributed by atoms with E-state index >= 15 is 0 Å². The van der Waals surface area contributed by atoms with Crippen molar-refractivity contribution < 1.29 is 53.3 Å². The van der Waals surface area contributed by atoms with Crippen molar-refractivity contribution in [2.75, 3.05) is 13.2 Å². The Morgan fingerprint density at radius 3 is 1.94 bits per heavy atom. The van der Waals surface area contributed by atoms with Crippen molar-refractivity contribution >= 4 is 19.8 Å². The Morgan fingerprint density at radius 2 is 1.28 bits per heavy atom. The summed E-state index contributed by atoms with van der Waals surface area (Å²) in [6.07, 6.45) is 29.6. The monoisotopic (exact) mass is 772 g/mol. The first-order valence-electron chi connectivity index (χ1n) is 20.5. The molecule has 0 bridgehead atoms. The van der Waals surface area contributed by atoms with E-state index in [0.29, 0.717) is 38.5 Å². The standard InChI is InChI=1S/C41H73O11P/c1-3-5-7-8-9-10-11-12-13-14-15-16-17-18-24-28-41(46)52-35(33-51-53(47,48)49)32-50-40(45)27-23-20-19-22-26-36-37(39(44)31-38(36)43)30-29-34(42)25-21-6-4-2/h12-13,19,22,29-30,34-39,42-44H,3-11,14-18,20-21,23-28,31-33H2,1-2H3,(H2,47,48,49)/b13-12-,22-19+,30-29+/t34-,35+,36+,37+,38-,39+/m0/s1. The molecule has 53 heavy (non-hydrogen) atoms. The van der Waals surface area contributed by atoms with Gasteiger partial charge in [0.15, 0.2) is 6.10 Å². The smallest absolute Gasteiger partial charge is 0.462 e. The molecular weight excluding hydrogens is 699 g/mol. The van der Waals surface area contributed by atoms with Crippen LogP contribution in [0.25, 0.3) is 0 Å². The van der Waals surface area contributed by atoms with Crippen molar-refractivity contribution in [2.24, 2.45) is 11.8 Å². The second kappa shape index (κ2) is 31.4. The molecule has 0 aromatic rings. The molecule has 11 nitrogen and oxygen atoms in total. The number of hydrogen-bond acceptors (Lipinski definition) is 9. The zero-order valence-electron chi connectivity index (χ0n) is 32.7. The summed E-state index contributed by atoms with van der Waals surface area (Å²) in [6.45, 7) is 3.36. The van der Waals surface area contributed by atoms with Crippen molar-refractivity contribution in [3.63, 3.8) is 0 Å². The van der Waals surface area contributed by atoms with Crippen LogP contribution in [0.15, 0.2) is 36.5 Å². The highest BCUT2D eigenvalue weighted by atomic mass is 31.2. The number of carbonyl (C=O) groups excluding carboxylic acids is 2. The van der Waals surface area contributed by atoms with Crippen LogP contribution in [0.2, 0.25) is 0 Å². The van der Waals surface area contributed by atoms with E-state index in [4.69, 9.17) is 19.3 Å². The Balaban J connectivity index is 2.31. The molecule has 6 atom stereocenters. The number of unbranched alkanes of at least 4 members (excludes halogenated alkanes) is 14.